The van der Waals surface area contributed by atoms with Crippen LogP contribution in [0.5, 0.6) is 0 Å². The number of halogens is 3. The first-order valence-corrected chi connectivity index (χ1v) is 10.5. The standard InChI is InChI=1S/C21H28N2O2.C2HF3O2/c1-14(2)21(22)19(24)11-16(15-7-8-15)9-10-20(25)23-12-17-5-3-4-6-18(17)13-23;3-2(4,5)1(6)7/h3-6,9-10,14-16,21H,7-8,11-13,22H2,1-2H3;(H,6,7)/b10-9+;/t16-,21-;/m0./s1. The van der Waals surface area contributed by atoms with Gasteiger partial charge in [-0.3, -0.25) is 9.59 Å². The van der Waals surface area contributed by atoms with E-state index in [9.17, 15) is 22.8 Å². The lowest BCUT2D eigenvalue weighted by Gasteiger charge is -2.18. The van der Waals surface area contributed by atoms with E-state index >= 15 is 0 Å². The maximum absolute atomic E-state index is 12.5. The van der Waals surface area contributed by atoms with E-state index in [0.29, 0.717) is 25.4 Å². The van der Waals surface area contributed by atoms with E-state index in [1.54, 1.807) is 6.08 Å². The van der Waals surface area contributed by atoms with E-state index in [-0.39, 0.29) is 23.5 Å². The molecule has 1 aromatic rings. The van der Waals surface area contributed by atoms with Crippen molar-refractivity contribution in [3.05, 3.63) is 47.5 Å². The summed E-state index contributed by atoms with van der Waals surface area (Å²) in [6, 6.07) is 7.76. The first kappa shape index (κ1) is 25.6. The van der Waals surface area contributed by atoms with Crippen molar-refractivity contribution in [2.45, 2.75) is 58.4 Å². The number of hydrogen-bond donors (Lipinski definition) is 2. The minimum absolute atomic E-state index is 0.0301. The number of allylic oxidation sites excluding steroid dienone is 1. The van der Waals surface area contributed by atoms with Gasteiger partial charge >= 0.3 is 12.1 Å². The molecule has 9 heteroatoms. The molecule has 1 aromatic carbocycles. The van der Waals surface area contributed by atoms with Gasteiger partial charge in [-0.25, -0.2) is 4.79 Å². The Morgan fingerprint density at radius 3 is 2.06 bits per heavy atom. The second-order valence-corrected chi connectivity index (χ2v) is 8.57. The largest absolute Gasteiger partial charge is 0.490 e. The zero-order chi connectivity index (χ0) is 24.1. The average molecular weight is 454 g/mol. The summed E-state index contributed by atoms with van der Waals surface area (Å²) < 4.78 is 31.7. The fourth-order valence-electron chi connectivity index (χ4n) is 3.46. The Balaban J connectivity index is 0.000000451. The highest BCUT2D eigenvalue weighted by molar-refractivity contribution is 5.88. The average Bonchev–Trinajstić information content (AvgIpc) is 3.47. The van der Waals surface area contributed by atoms with Crippen molar-refractivity contribution in [1.29, 1.82) is 0 Å². The molecule has 0 spiro atoms. The van der Waals surface area contributed by atoms with E-state index in [1.165, 1.54) is 11.1 Å². The number of aliphatic carboxylic acids is 1. The van der Waals surface area contributed by atoms with Gasteiger partial charge in [0.05, 0.1) is 6.04 Å². The first-order chi connectivity index (χ1) is 14.9. The van der Waals surface area contributed by atoms with Crippen LogP contribution >= 0.6 is 0 Å². The van der Waals surface area contributed by atoms with Crippen molar-refractivity contribution >= 4 is 17.7 Å². The number of carboxylic acid groups (broad SMARTS) is 1. The summed E-state index contributed by atoms with van der Waals surface area (Å²) in [5.41, 5.74) is 8.43. The summed E-state index contributed by atoms with van der Waals surface area (Å²) in [6.07, 6.45) is 1.27. The lowest BCUT2D eigenvalue weighted by atomic mass is 9.90. The number of carboxylic acids is 1. The molecule has 1 fully saturated rings. The Morgan fingerprint density at radius 1 is 1.16 bits per heavy atom. The van der Waals surface area contributed by atoms with Crippen LogP contribution in [-0.4, -0.2) is 39.9 Å². The molecule has 176 valence electrons. The fourth-order valence-corrected chi connectivity index (χ4v) is 3.46. The molecule has 1 amide bonds. The van der Waals surface area contributed by atoms with Gasteiger partial charge in [-0.1, -0.05) is 44.2 Å². The van der Waals surface area contributed by atoms with E-state index in [2.05, 4.69) is 12.1 Å². The summed E-state index contributed by atoms with van der Waals surface area (Å²) in [4.78, 5) is 35.6. The van der Waals surface area contributed by atoms with Crippen LogP contribution in [0, 0.1) is 17.8 Å². The van der Waals surface area contributed by atoms with E-state index in [1.807, 2.05) is 37.0 Å². The summed E-state index contributed by atoms with van der Waals surface area (Å²) in [5.74, 6) is -1.79. The molecule has 0 bridgehead atoms. The zero-order valence-electron chi connectivity index (χ0n) is 18.1. The van der Waals surface area contributed by atoms with Crippen molar-refractivity contribution < 1.29 is 32.7 Å². The Labute approximate surface area is 185 Å². The molecule has 2 atom stereocenters. The third kappa shape index (κ3) is 7.47. The second kappa shape index (κ2) is 10.8. The molecule has 1 aliphatic heterocycles. The number of benzene rings is 1. The van der Waals surface area contributed by atoms with Crippen LogP contribution in [0.15, 0.2) is 36.4 Å². The van der Waals surface area contributed by atoms with Gasteiger partial charge in [0.25, 0.3) is 0 Å². The molecule has 6 nitrogen and oxygen atoms in total. The SMILES string of the molecule is CC(C)[C@H](N)C(=O)C[C@H](/C=C/C(=O)N1Cc2ccccc2C1)C1CC1.O=C(O)C(F)(F)F. The first-order valence-electron chi connectivity index (χ1n) is 10.5. The highest BCUT2D eigenvalue weighted by atomic mass is 19.4. The van der Waals surface area contributed by atoms with Gasteiger partial charge in [0.1, 0.15) is 5.78 Å². The van der Waals surface area contributed by atoms with Crippen molar-refractivity contribution in [1.82, 2.24) is 4.90 Å². The number of nitrogens with two attached hydrogens (primary N) is 1. The van der Waals surface area contributed by atoms with Gasteiger partial charge in [-0.2, -0.15) is 13.2 Å². The molecular weight excluding hydrogens is 425 g/mol. The molecule has 0 saturated heterocycles. The van der Waals surface area contributed by atoms with Crippen LogP contribution < -0.4 is 5.73 Å². The van der Waals surface area contributed by atoms with Crippen molar-refractivity contribution in [3.8, 4) is 0 Å². The number of Topliss-reactive ketones (excluding diaryl/α,β-unsaturated/α-hetero) is 1. The van der Waals surface area contributed by atoms with Gasteiger partial charge in [-0.05, 0) is 47.8 Å². The van der Waals surface area contributed by atoms with Crippen molar-refractivity contribution in [2.75, 3.05) is 0 Å². The van der Waals surface area contributed by atoms with Gasteiger partial charge in [-0.15, -0.1) is 0 Å². The third-order valence-corrected chi connectivity index (χ3v) is 5.64. The Hall–Kier alpha value is -2.68. The van der Waals surface area contributed by atoms with Gasteiger partial charge in [0, 0.05) is 19.5 Å². The Kier molecular flexibility index (Phi) is 8.60. The number of carbonyl (C=O) groups is 3. The van der Waals surface area contributed by atoms with Gasteiger partial charge in [0.15, 0.2) is 0 Å². The molecule has 0 unspecified atom stereocenters. The number of rotatable bonds is 7. The molecule has 2 aliphatic rings. The summed E-state index contributed by atoms with van der Waals surface area (Å²) >= 11 is 0. The maximum atomic E-state index is 12.5. The van der Waals surface area contributed by atoms with Crippen LogP contribution in [0.1, 0.15) is 44.2 Å². The molecular formula is C23H29F3N2O4. The number of amides is 1. The van der Waals surface area contributed by atoms with E-state index in [4.69, 9.17) is 15.6 Å². The Morgan fingerprint density at radius 2 is 1.66 bits per heavy atom. The molecule has 0 radical (unpaired) electrons. The summed E-state index contributed by atoms with van der Waals surface area (Å²) in [6.45, 7) is 5.29. The molecule has 3 rings (SSSR count). The smallest absolute Gasteiger partial charge is 0.475 e. The Bertz CT molecular complexity index is 838. The number of nitrogens with zero attached hydrogens (tertiary/aromatic N) is 1. The number of carbonyl (C=O) groups excluding carboxylic acids is 2. The molecule has 32 heavy (non-hydrogen) atoms. The fraction of sp³-hybridized carbons (Fsp3) is 0.522. The van der Waals surface area contributed by atoms with Crippen LogP contribution in [-0.2, 0) is 27.5 Å². The highest BCUT2D eigenvalue weighted by Crippen LogP contribution is 2.39. The van der Waals surface area contributed by atoms with Crippen molar-refractivity contribution in [2.24, 2.45) is 23.5 Å². The topological polar surface area (TPSA) is 101 Å². The molecule has 0 aromatic heterocycles. The molecule has 1 heterocycles. The van der Waals surface area contributed by atoms with Crippen molar-refractivity contribution in [3.63, 3.8) is 0 Å². The molecule has 3 N–H and O–H groups in total. The second-order valence-electron chi connectivity index (χ2n) is 8.57. The van der Waals surface area contributed by atoms with Gasteiger partial charge < -0.3 is 15.7 Å². The summed E-state index contributed by atoms with van der Waals surface area (Å²) in [7, 11) is 0. The van der Waals surface area contributed by atoms with E-state index < -0.39 is 18.2 Å². The number of ketones is 1. The monoisotopic (exact) mass is 454 g/mol. The minimum Gasteiger partial charge on any atom is -0.475 e. The summed E-state index contributed by atoms with van der Waals surface area (Å²) in [5, 5.41) is 7.12. The lowest BCUT2D eigenvalue weighted by molar-refractivity contribution is -0.192. The maximum Gasteiger partial charge on any atom is 0.490 e. The van der Waals surface area contributed by atoms with Gasteiger partial charge in [0.2, 0.25) is 5.91 Å². The highest BCUT2D eigenvalue weighted by Gasteiger charge is 2.38. The lowest BCUT2D eigenvalue weighted by Crippen LogP contribution is -2.36. The quantitative estimate of drug-likeness (QED) is 0.612. The normalized spacial score (nSPS) is 17.5. The number of alkyl halides is 3. The predicted octanol–water partition coefficient (Wildman–Crippen LogP) is 3.69. The van der Waals surface area contributed by atoms with Crippen LogP contribution in [0.4, 0.5) is 13.2 Å². The minimum atomic E-state index is -5.08. The number of hydrogen-bond acceptors (Lipinski definition) is 4. The van der Waals surface area contributed by atoms with E-state index in [0.717, 1.165) is 12.8 Å². The zero-order valence-corrected chi connectivity index (χ0v) is 18.1. The number of fused-ring (bicyclic) bond motifs is 1. The van der Waals surface area contributed by atoms with Crippen LogP contribution in [0.2, 0.25) is 0 Å². The molecule has 1 saturated carbocycles. The molecule has 1 aliphatic carbocycles. The predicted molar refractivity (Wildman–Crippen MR) is 112 cm³/mol. The third-order valence-electron chi connectivity index (χ3n) is 5.64. The van der Waals surface area contributed by atoms with Crippen LogP contribution in [0.3, 0.4) is 0 Å². The van der Waals surface area contributed by atoms with Crippen LogP contribution in [0.25, 0.3) is 0 Å².